The summed E-state index contributed by atoms with van der Waals surface area (Å²) in [6, 6.07) is 0. The van der Waals surface area contributed by atoms with E-state index in [-0.39, 0.29) is 0 Å². The molecule has 2 aliphatic heterocycles. The highest BCUT2D eigenvalue weighted by molar-refractivity contribution is 5.80. The predicted octanol–water partition coefficient (Wildman–Crippen LogP) is 2.27. The van der Waals surface area contributed by atoms with Crippen LogP contribution in [0.4, 0.5) is 0 Å². The second kappa shape index (κ2) is 7.39. The maximum absolute atomic E-state index is 5.65. The van der Waals surface area contributed by atoms with Gasteiger partial charge in [-0.3, -0.25) is 4.99 Å². The van der Waals surface area contributed by atoms with E-state index in [1.54, 1.807) is 7.11 Å². The van der Waals surface area contributed by atoms with Gasteiger partial charge in [0, 0.05) is 51.9 Å². The molecule has 0 bridgehead atoms. The van der Waals surface area contributed by atoms with Crippen LogP contribution in [0.1, 0.15) is 45.4 Å². The highest BCUT2D eigenvalue weighted by atomic mass is 16.5. The standard InChI is InChI=1S/C18H33N3O2/c1-3-19-16(20-13-17(5-4-6-17)8-11-22-2)21-10-7-18(14-21)9-12-23-15-18/h3-15H2,1-2H3,(H,19,20). The van der Waals surface area contributed by atoms with Crippen molar-refractivity contribution in [2.24, 2.45) is 15.8 Å². The molecule has 1 unspecified atom stereocenters. The quantitative estimate of drug-likeness (QED) is 0.602. The molecule has 0 aromatic rings. The van der Waals surface area contributed by atoms with Crippen LogP contribution in [-0.2, 0) is 9.47 Å². The van der Waals surface area contributed by atoms with Gasteiger partial charge in [0.15, 0.2) is 5.96 Å². The van der Waals surface area contributed by atoms with Crippen LogP contribution in [-0.4, -0.2) is 64.0 Å². The molecule has 1 N–H and O–H groups in total. The van der Waals surface area contributed by atoms with Crippen LogP contribution in [0, 0.1) is 10.8 Å². The fourth-order valence-corrected chi connectivity index (χ4v) is 4.24. The zero-order chi connectivity index (χ0) is 16.2. The first-order valence-electron chi connectivity index (χ1n) is 9.31. The summed E-state index contributed by atoms with van der Waals surface area (Å²) in [4.78, 5) is 7.49. The van der Waals surface area contributed by atoms with Crippen molar-refractivity contribution in [3.05, 3.63) is 0 Å². The number of nitrogens with zero attached hydrogens (tertiary/aromatic N) is 2. The number of likely N-dealkylation sites (tertiary alicyclic amines) is 1. The molecule has 5 nitrogen and oxygen atoms in total. The number of nitrogens with one attached hydrogen (secondary N) is 1. The molecular weight excluding hydrogens is 290 g/mol. The lowest BCUT2D eigenvalue weighted by molar-refractivity contribution is 0.0776. The molecule has 1 aliphatic carbocycles. The summed E-state index contributed by atoms with van der Waals surface area (Å²) in [5.41, 5.74) is 0.783. The van der Waals surface area contributed by atoms with Crippen molar-refractivity contribution in [1.29, 1.82) is 0 Å². The molecule has 0 radical (unpaired) electrons. The Morgan fingerprint density at radius 2 is 2.17 bits per heavy atom. The normalized spacial score (nSPS) is 30.0. The van der Waals surface area contributed by atoms with Crippen LogP contribution in [0.15, 0.2) is 4.99 Å². The average molecular weight is 323 g/mol. The van der Waals surface area contributed by atoms with Gasteiger partial charge in [0.2, 0.25) is 0 Å². The van der Waals surface area contributed by atoms with E-state index in [2.05, 4.69) is 17.1 Å². The molecule has 3 aliphatic rings. The summed E-state index contributed by atoms with van der Waals surface area (Å²) in [6.07, 6.45) is 7.55. The van der Waals surface area contributed by atoms with Crippen molar-refractivity contribution in [3.63, 3.8) is 0 Å². The third-order valence-corrected chi connectivity index (χ3v) is 6.07. The van der Waals surface area contributed by atoms with Crippen molar-refractivity contribution in [3.8, 4) is 0 Å². The fourth-order valence-electron chi connectivity index (χ4n) is 4.24. The van der Waals surface area contributed by atoms with E-state index in [9.17, 15) is 0 Å². The minimum Gasteiger partial charge on any atom is -0.385 e. The van der Waals surface area contributed by atoms with Crippen molar-refractivity contribution in [2.75, 3.05) is 53.1 Å². The van der Waals surface area contributed by atoms with Crippen LogP contribution >= 0.6 is 0 Å². The summed E-state index contributed by atoms with van der Waals surface area (Å²) in [5, 5.41) is 3.51. The number of guanidine groups is 1. The summed E-state index contributed by atoms with van der Waals surface area (Å²) >= 11 is 0. The predicted molar refractivity (Wildman–Crippen MR) is 92.8 cm³/mol. The Bertz CT molecular complexity index is 414. The smallest absolute Gasteiger partial charge is 0.193 e. The van der Waals surface area contributed by atoms with Crippen LogP contribution in [0.2, 0.25) is 0 Å². The third kappa shape index (κ3) is 3.82. The van der Waals surface area contributed by atoms with E-state index >= 15 is 0 Å². The monoisotopic (exact) mass is 323 g/mol. The molecule has 0 aromatic carbocycles. The lowest BCUT2D eigenvalue weighted by Crippen LogP contribution is -2.43. The fraction of sp³-hybridized carbons (Fsp3) is 0.944. The maximum Gasteiger partial charge on any atom is 0.193 e. The Hall–Kier alpha value is -0.810. The van der Waals surface area contributed by atoms with E-state index in [1.165, 1.54) is 32.1 Å². The highest BCUT2D eigenvalue weighted by Crippen LogP contribution is 2.44. The Labute approximate surface area is 140 Å². The molecule has 2 saturated heterocycles. The van der Waals surface area contributed by atoms with Crippen LogP contribution in [0.25, 0.3) is 0 Å². The molecule has 3 fully saturated rings. The minimum absolute atomic E-state index is 0.389. The SMILES string of the molecule is CCNC(=NCC1(CCOC)CCC1)N1CCC2(CCOC2)C1. The highest BCUT2D eigenvalue weighted by Gasteiger charge is 2.42. The third-order valence-electron chi connectivity index (χ3n) is 6.07. The summed E-state index contributed by atoms with van der Waals surface area (Å²) in [7, 11) is 1.80. The number of aliphatic imine (C=N–C) groups is 1. The summed E-state index contributed by atoms with van der Waals surface area (Å²) in [5.74, 6) is 1.11. The molecule has 3 rings (SSSR count). The molecule has 132 valence electrons. The largest absolute Gasteiger partial charge is 0.385 e. The van der Waals surface area contributed by atoms with Gasteiger partial charge in [0.25, 0.3) is 0 Å². The number of hydrogen-bond acceptors (Lipinski definition) is 3. The molecule has 5 heteroatoms. The number of hydrogen-bond donors (Lipinski definition) is 1. The molecule has 23 heavy (non-hydrogen) atoms. The van der Waals surface area contributed by atoms with E-state index < -0.39 is 0 Å². The summed E-state index contributed by atoms with van der Waals surface area (Å²) < 4.78 is 11.0. The lowest BCUT2D eigenvalue weighted by atomic mass is 9.67. The van der Waals surface area contributed by atoms with Gasteiger partial charge in [-0.05, 0) is 44.4 Å². The van der Waals surface area contributed by atoms with Gasteiger partial charge < -0.3 is 19.7 Å². The van der Waals surface area contributed by atoms with Gasteiger partial charge >= 0.3 is 0 Å². The van der Waals surface area contributed by atoms with Gasteiger partial charge in [0.1, 0.15) is 0 Å². The first-order chi connectivity index (χ1) is 11.2. The Balaban J connectivity index is 1.61. The maximum atomic E-state index is 5.65. The van der Waals surface area contributed by atoms with Gasteiger partial charge in [-0.15, -0.1) is 0 Å². The van der Waals surface area contributed by atoms with Crippen LogP contribution < -0.4 is 5.32 Å². The van der Waals surface area contributed by atoms with Crippen molar-refractivity contribution < 1.29 is 9.47 Å². The summed E-state index contributed by atoms with van der Waals surface area (Å²) in [6.45, 7) is 8.97. The van der Waals surface area contributed by atoms with E-state index in [0.29, 0.717) is 10.8 Å². The van der Waals surface area contributed by atoms with Gasteiger partial charge in [-0.2, -0.15) is 0 Å². The van der Waals surface area contributed by atoms with Gasteiger partial charge in [0.05, 0.1) is 6.61 Å². The lowest BCUT2D eigenvalue weighted by Gasteiger charge is -2.41. The number of methoxy groups -OCH3 is 1. The second-order valence-corrected chi connectivity index (χ2v) is 7.74. The van der Waals surface area contributed by atoms with Crippen molar-refractivity contribution in [1.82, 2.24) is 10.2 Å². The molecule has 1 saturated carbocycles. The van der Waals surface area contributed by atoms with Crippen LogP contribution in [0.5, 0.6) is 0 Å². The zero-order valence-electron chi connectivity index (χ0n) is 14.9. The average Bonchev–Trinajstić information content (AvgIpc) is 3.15. The number of rotatable bonds is 6. The molecular formula is C18H33N3O2. The first kappa shape index (κ1) is 17.0. The molecule has 2 heterocycles. The van der Waals surface area contributed by atoms with E-state index in [0.717, 1.165) is 58.4 Å². The van der Waals surface area contributed by atoms with Gasteiger partial charge in [-0.1, -0.05) is 6.42 Å². The Morgan fingerprint density at radius 1 is 1.30 bits per heavy atom. The topological polar surface area (TPSA) is 46.1 Å². The van der Waals surface area contributed by atoms with Gasteiger partial charge in [-0.25, -0.2) is 0 Å². The second-order valence-electron chi connectivity index (χ2n) is 7.74. The van der Waals surface area contributed by atoms with Crippen molar-refractivity contribution >= 4 is 5.96 Å². The molecule has 0 amide bonds. The Kier molecular flexibility index (Phi) is 5.47. The van der Waals surface area contributed by atoms with E-state index in [1.807, 2.05) is 0 Å². The number of ether oxygens (including phenoxy) is 2. The molecule has 1 spiro atoms. The Morgan fingerprint density at radius 3 is 2.78 bits per heavy atom. The van der Waals surface area contributed by atoms with Crippen molar-refractivity contribution in [2.45, 2.75) is 45.4 Å². The molecule has 1 atom stereocenters. The first-order valence-corrected chi connectivity index (χ1v) is 9.31. The van der Waals surface area contributed by atoms with Crippen LogP contribution in [0.3, 0.4) is 0 Å². The van der Waals surface area contributed by atoms with E-state index in [4.69, 9.17) is 14.5 Å². The zero-order valence-corrected chi connectivity index (χ0v) is 14.9. The minimum atomic E-state index is 0.389. The molecule has 0 aromatic heterocycles.